The van der Waals surface area contributed by atoms with E-state index in [0.29, 0.717) is 5.69 Å². The Morgan fingerprint density at radius 2 is 2.33 bits per heavy atom. The molecule has 1 N–H and O–H groups in total. The van der Waals surface area contributed by atoms with Crippen LogP contribution >= 0.6 is 23.4 Å². The molecule has 0 unspecified atom stereocenters. The van der Waals surface area contributed by atoms with Crippen molar-refractivity contribution in [1.82, 2.24) is 9.78 Å². The monoisotopic (exact) mass is 331 g/mol. The number of esters is 1. The van der Waals surface area contributed by atoms with Crippen LogP contribution < -0.4 is 10.9 Å². The maximum atomic E-state index is 12.0. The Morgan fingerprint density at radius 3 is 2.86 bits per heavy atom. The first kappa shape index (κ1) is 16.2. The van der Waals surface area contributed by atoms with Crippen LogP contribution in [0.15, 0.2) is 11.0 Å². The molecule has 1 heterocycles. The minimum Gasteiger partial charge on any atom is -0.468 e. The summed E-state index contributed by atoms with van der Waals surface area (Å²) in [5.74, 6) is -0.544. The maximum absolute atomic E-state index is 12.0. The largest absolute Gasteiger partial charge is 0.468 e. The van der Waals surface area contributed by atoms with Gasteiger partial charge in [0.15, 0.2) is 0 Å². The number of anilines is 1. The van der Waals surface area contributed by atoms with Gasteiger partial charge in [-0.1, -0.05) is 18.0 Å². The highest BCUT2D eigenvalue weighted by atomic mass is 35.5. The van der Waals surface area contributed by atoms with Gasteiger partial charge in [-0.2, -0.15) is 16.9 Å². The van der Waals surface area contributed by atoms with Crippen LogP contribution in [0, 0.1) is 0 Å². The van der Waals surface area contributed by atoms with Crippen molar-refractivity contribution < 1.29 is 9.53 Å². The topological polar surface area (TPSA) is 73.2 Å². The van der Waals surface area contributed by atoms with E-state index in [0.717, 1.165) is 24.1 Å². The standard InChI is InChI=1S/C13H18ClN3O3S/c1-20-10(18)7-17-12(19)11(14)9(6-16-17)15-8-13(21-2)4-3-5-13/h6,15H,3-5,7-8H2,1-2H3. The zero-order valence-electron chi connectivity index (χ0n) is 12.0. The fraction of sp³-hybridized carbons (Fsp3) is 0.615. The fourth-order valence-corrected chi connectivity index (χ4v) is 3.29. The number of carbonyl (C=O) groups is 1. The van der Waals surface area contributed by atoms with E-state index in [-0.39, 0.29) is 16.3 Å². The number of nitrogens with zero attached hydrogens (tertiary/aromatic N) is 2. The Morgan fingerprint density at radius 1 is 1.62 bits per heavy atom. The Balaban J connectivity index is 2.09. The quantitative estimate of drug-likeness (QED) is 0.801. The molecule has 21 heavy (non-hydrogen) atoms. The predicted molar refractivity (Wildman–Crippen MR) is 84.1 cm³/mol. The minimum absolute atomic E-state index is 0.0458. The summed E-state index contributed by atoms with van der Waals surface area (Å²) in [5, 5.41) is 7.19. The van der Waals surface area contributed by atoms with Crippen LogP contribution in [0.1, 0.15) is 19.3 Å². The number of nitrogens with one attached hydrogen (secondary N) is 1. The number of rotatable bonds is 6. The Kier molecular flexibility index (Phi) is 5.16. The number of ether oxygens (including phenoxy) is 1. The molecule has 0 saturated heterocycles. The van der Waals surface area contributed by atoms with E-state index in [4.69, 9.17) is 11.6 Å². The van der Waals surface area contributed by atoms with Gasteiger partial charge < -0.3 is 10.1 Å². The summed E-state index contributed by atoms with van der Waals surface area (Å²) >= 11 is 7.90. The first-order valence-electron chi connectivity index (χ1n) is 6.63. The summed E-state index contributed by atoms with van der Waals surface area (Å²) in [5.41, 5.74) is 0.00184. The van der Waals surface area contributed by atoms with Crippen molar-refractivity contribution in [3.63, 3.8) is 0 Å². The average molecular weight is 332 g/mol. The summed E-state index contributed by atoms with van der Waals surface area (Å²) < 4.78 is 5.73. The van der Waals surface area contributed by atoms with Crippen LogP contribution in [0.3, 0.4) is 0 Å². The first-order valence-corrected chi connectivity index (χ1v) is 8.23. The molecule has 0 bridgehead atoms. The summed E-state index contributed by atoms with van der Waals surface area (Å²) in [6.07, 6.45) is 7.11. The van der Waals surface area contributed by atoms with Crippen molar-refractivity contribution in [2.24, 2.45) is 0 Å². The van der Waals surface area contributed by atoms with Crippen LogP contribution in [0.2, 0.25) is 5.02 Å². The van der Waals surface area contributed by atoms with Crippen molar-refractivity contribution in [2.75, 3.05) is 25.2 Å². The van der Waals surface area contributed by atoms with Gasteiger partial charge in [0.05, 0.1) is 19.0 Å². The van der Waals surface area contributed by atoms with Gasteiger partial charge >= 0.3 is 5.97 Å². The van der Waals surface area contributed by atoms with Crippen molar-refractivity contribution >= 4 is 35.0 Å². The van der Waals surface area contributed by atoms with E-state index in [1.54, 1.807) is 0 Å². The summed E-state index contributed by atoms with van der Waals surface area (Å²) in [4.78, 5) is 23.2. The Hall–Kier alpha value is -1.21. The van der Waals surface area contributed by atoms with Crippen LogP contribution in [-0.4, -0.2) is 40.4 Å². The van der Waals surface area contributed by atoms with Gasteiger partial charge in [-0.05, 0) is 19.1 Å². The second kappa shape index (κ2) is 6.70. The molecule has 1 aromatic rings. The maximum Gasteiger partial charge on any atom is 0.327 e. The minimum atomic E-state index is -0.544. The number of hydrogen-bond donors (Lipinski definition) is 1. The smallest absolute Gasteiger partial charge is 0.327 e. The van der Waals surface area contributed by atoms with Gasteiger partial charge in [-0.3, -0.25) is 9.59 Å². The third kappa shape index (κ3) is 3.52. The number of thioether (sulfide) groups is 1. The number of aromatic nitrogens is 2. The lowest BCUT2D eigenvalue weighted by molar-refractivity contribution is -0.141. The molecule has 0 aliphatic heterocycles. The van der Waals surface area contributed by atoms with E-state index >= 15 is 0 Å². The zero-order chi connectivity index (χ0) is 15.5. The average Bonchev–Trinajstić information content (AvgIpc) is 2.45. The molecule has 1 aromatic heterocycles. The van der Waals surface area contributed by atoms with E-state index in [9.17, 15) is 9.59 Å². The number of hydrogen-bond acceptors (Lipinski definition) is 6. The van der Waals surface area contributed by atoms with Gasteiger partial charge in [0.2, 0.25) is 0 Å². The molecule has 6 nitrogen and oxygen atoms in total. The summed E-state index contributed by atoms with van der Waals surface area (Å²) in [6.45, 7) is 0.500. The molecule has 1 aliphatic carbocycles. The normalized spacial score (nSPS) is 16.1. The van der Waals surface area contributed by atoms with Crippen molar-refractivity contribution in [3.8, 4) is 0 Å². The van der Waals surface area contributed by atoms with Gasteiger partial charge in [0, 0.05) is 11.3 Å². The molecular weight excluding hydrogens is 314 g/mol. The number of halogens is 1. The number of carbonyl (C=O) groups excluding carboxylic acids is 1. The molecule has 0 atom stereocenters. The summed E-state index contributed by atoms with van der Waals surface area (Å²) in [6, 6.07) is 0. The molecule has 1 fully saturated rings. The van der Waals surface area contributed by atoms with Gasteiger partial charge in [0.1, 0.15) is 11.6 Å². The molecule has 0 radical (unpaired) electrons. The third-order valence-electron chi connectivity index (χ3n) is 3.79. The molecule has 0 amide bonds. The highest BCUT2D eigenvalue weighted by molar-refractivity contribution is 8.00. The molecule has 1 saturated carbocycles. The van der Waals surface area contributed by atoms with E-state index < -0.39 is 11.5 Å². The Bertz CT molecular complexity index is 581. The molecule has 116 valence electrons. The fourth-order valence-electron chi connectivity index (χ4n) is 2.17. The predicted octanol–water partition coefficient (Wildman–Crippen LogP) is 1.77. The molecule has 2 rings (SSSR count). The molecule has 0 aromatic carbocycles. The molecular formula is C13H18ClN3O3S. The van der Waals surface area contributed by atoms with Gasteiger partial charge in [-0.25, -0.2) is 4.68 Å². The van der Waals surface area contributed by atoms with Crippen LogP contribution in [-0.2, 0) is 16.1 Å². The molecule has 1 aliphatic rings. The number of methoxy groups -OCH3 is 1. The highest BCUT2D eigenvalue weighted by Crippen LogP contribution is 2.42. The van der Waals surface area contributed by atoms with Crippen molar-refractivity contribution in [1.29, 1.82) is 0 Å². The van der Waals surface area contributed by atoms with E-state index in [1.165, 1.54) is 19.7 Å². The Labute approximate surface area is 132 Å². The van der Waals surface area contributed by atoms with Gasteiger partial charge in [0.25, 0.3) is 5.56 Å². The van der Waals surface area contributed by atoms with Crippen molar-refractivity contribution in [2.45, 2.75) is 30.6 Å². The second-order valence-corrected chi connectivity index (χ2v) is 6.66. The van der Waals surface area contributed by atoms with E-state index in [2.05, 4.69) is 21.4 Å². The van der Waals surface area contributed by atoms with Gasteiger partial charge in [-0.15, -0.1) is 0 Å². The van der Waals surface area contributed by atoms with E-state index in [1.807, 2.05) is 11.8 Å². The lowest BCUT2D eigenvalue weighted by atomic mass is 9.84. The molecule has 0 spiro atoms. The first-order chi connectivity index (χ1) is 10.0. The lowest BCUT2D eigenvalue weighted by Gasteiger charge is -2.40. The van der Waals surface area contributed by atoms with Crippen LogP contribution in [0.25, 0.3) is 0 Å². The van der Waals surface area contributed by atoms with Crippen LogP contribution in [0.4, 0.5) is 5.69 Å². The highest BCUT2D eigenvalue weighted by Gasteiger charge is 2.36. The zero-order valence-corrected chi connectivity index (χ0v) is 13.6. The molecule has 8 heteroatoms. The van der Waals surface area contributed by atoms with Crippen molar-refractivity contribution in [3.05, 3.63) is 21.6 Å². The lowest BCUT2D eigenvalue weighted by Crippen LogP contribution is -2.40. The third-order valence-corrected chi connectivity index (χ3v) is 5.57. The SMILES string of the molecule is COC(=O)Cn1ncc(NCC2(SC)CCC2)c(Cl)c1=O. The van der Waals surface area contributed by atoms with Crippen LogP contribution in [0.5, 0.6) is 0 Å². The summed E-state index contributed by atoms with van der Waals surface area (Å²) in [7, 11) is 1.26. The second-order valence-electron chi connectivity index (χ2n) is 5.01.